The first-order valence-corrected chi connectivity index (χ1v) is 9.98. The van der Waals surface area contributed by atoms with Crippen molar-refractivity contribution < 1.29 is 9.53 Å². The van der Waals surface area contributed by atoms with Crippen LogP contribution in [0, 0.1) is 0 Å². The molecule has 1 unspecified atom stereocenters. The van der Waals surface area contributed by atoms with Gasteiger partial charge in [0.2, 0.25) is 5.95 Å². The number of aromatic amines is 1. The Morgan fingerprint density at radius 1 is 1.13 bits per heavy atom. The van der Waals surface area contributed by atoms with Gasteiger partial charge in [0.05, 0.1) is 18.4 Å². The van der Waals surface area contributed by atoms with Crippen LogP contribution in [0.4, 0.5) is 11.6 Å². The van der Waals surface area contributed by atoms with Gasteiger partial charge >= 0.3 is 5.97 Å². The third-order valence-corrected chi connectivity index (χ3v) is 5.56. The van der Waals surface area contributed by atoms with Gasteiger partial charge in [-0.2, -0.15) is 9.78 Å². The van der Waals surface area contributed by atoms with Crippen LogP contribution < -0.4 is 10.9 Å². The van der Waals surface area contributed by atoms with E-state index in [1.165, 1.54) is 7.11 Å². The maximum Gasteiger partial charge on any atom is 0.337 e. The summed E-state index contributed by atoms with van der Waals surface area (Å²) in [5, 5.41) is 21.7. The molecule has 0 aliphatic carbocycles. The van der Waals surface area contributed by atoms with Crippen LogP contribution >= 0.6 is 15.9 Å². The average molecular weight is 480 g/mol. The lowest BCUT2D eigenvalue weighted by Gasteiger charge is -2.27. The third kappa shape index (κ3) is 3.19. The lowest BCUT2D eigenvalue weighted by atomic mass is 9.92. The Morgan fingerprint density at radius 3 is 2.58 bits per heavy atom. The zero-order valence-corrected chi connectivity index (χ0v) is 17.6. The number of hydrogen-bond donors (Lipinski definition) is 2. The monoisotopic (exact) mass is 479 g/mol. The molecule has 3 heterocycles. The molecule has 0 radical (unpaired) electrons. The Kier molecular flexibility index (Phi) is 4.59. The molecule has 154 valence electrons. The summed E-state index contributed by atoms with van der Waals surface area (Å²) in [4.78, 5) is 24.5. The number of halogens is 1. The molecule has 0 spiro atoms. The minimum absolute atomic E-state index is 0.317. The van der Waals surface area contributed by atoms with Gasteiger partial charge in [-0.25, -0.2) is 9.89 Å². The van der Waals surface area contributed by atoms with E-state index in [1.807, 2.05) is 24.3 Å². The summed E-state index contributed by atoms with van der Waals surface area (Å²) in [5.74, 6) is -0.109. The zero-order valence-electron chi connectivity index (χ0n) is 16.0. The maximum absolute atomic E-state index is 12.7. The van der Waals surface area contributed by atoms with E-state index in [2.05, 4.69) is 47.0 Å². The molecular formula is C20H14BrN7O3. The van der Waals surface area contributed by atoms with Gasteiger partial charge in [0.25, 0.3) is 5.56 Å². The number of hydrogen-bond acceptors (Lipinski definition) is 8. The molecule has 1 aliphatic heterocycles. The molecule has 31 heavy (non-hydrogen) atoms. The molecule has 0 saturated heterocycles. The van der Waals surface area contributed by atoms with E-state index in [0.717, 1.165) is 15.6 Å². The van der Waals surface area contributed by atoms with Gasteiger partial charge < -0.3 is 10.1 Å². The second-order valence-corrected chi connectivity index (χ2v) is 7.70. The third-order valence-electron chi connectivity index (χ3n) is 5.03. The minimum Gasteiger partial charge on any atom is -0.465 e. The normalized spacial score (nSPS) is 14.3. The molecule has 11 heteroatoms. The molecule has 0 fully saturated rings. The van der Waals surface area contributed by atoms with Crippen LogP contribution in [-0.4, -0.2) is 43.5 Å². The Bertz CT molecular complexity index is 1350. The molecule has 2 aromatic heterocycles. The predicted molar refractivity (Wildman–Crippen MR) is 114 cm³/mol. The highest BCUT2D eigenvalue weighted by atomic mass is 79.9. The number of nitrogens with one attached hydrogen (secondary N) is 2. The molecule has 5 rings (SSSR count). The second kappa shape index (κ2) is 7.43. The lowest BCUT2D eigenvalue weighted by Crippen LogP contribution is -2.29. The number of H-pyrrole nitrogens is 1. The number of methoxy groups -OCH3 is 1. The van der Waals surface area contributed by atoms with Crippen molar-refractivity contribution in [3.63, 3.8) is 0 Å². The van der Waals surface area contributed by atoms with E-state index < -0.39 is 12.0 Å². The maximum atomic E-state index is 12.7. The molecule has 10 nitrogen and oxygen atoms in total. The van der Waals surface area contributed by atoms with Crippen LogP contribution in [0.2, 0.25) is 0 Å². The predicted octanol–water partition coefficient (Wildman–Crippen LogP) is 2.67. The van der Waals surface area contributed by atoms with E-state index in [1.54, 1.807) is 28.9 Å². The minimum atomic E-state index is -0.540. The van der Waals surface area contributed by atoms with Crippen LogP contribution in [0.15, 0.2) is 57.8 Å². The molecule has 1 atom stereocenters. The van der Waals surface area contributed by atoms with Crippen LogP contribution in [0.5, 0.6) is 0 Å². The van der Waals surface area contributed by atoms with Crippen molar-refractivity contribution >= 4 is 33.5 Å². The van der Waals surface area contributed by atoms with Crippen molar-refractivity contribution in [1.82, 2.24) is 30.4 Å². The van der Waals surface area contributed by atoms with Crippen LogP contribution in [0.1, 0.15) is 27.5 Å². The molecule has 0 saturated carbocycles. The molecule has 2 N–H and O–H groups in total. The largest absolute Gasteiger partial charge is 0.465 e. The fourth-order valence-electron chi connectivity index (χ4n) is 3.59. The number of carbonyl (C=O) groups is 1. The second-order valence-electron chi connectivity index (χ2n) is 6.79. The molecule has 4 aromatic rings. The Hall–Kier alpha value is -3.86. The van der Waals surface area contributed by atoms with Crippen molar-refractivity contribution in [2.75, 3.05) is 12.4 Å². The standard InChI is InChI=1S/C20H14BrN7O3/c1-31-19(30)12-4-2-11(3-5-12)17-14-15(10-6-8-13(21)9-7-10)23-24-18(29)16(14)22-20-25-26-27-28(17)20/h2-9,17H,1H3,(H,24,29)(H,22,25,27). The van der Waals surface area contributed by atoms with Crippen LogP contribution in [-0.2, 0) is 4.74 Å². The van der Waals surface area contributed by atoms with Crippen molar-refractivity contribution in [2.24, 2.45) is 0 Å². The number of aromatic nitrogens is 6. The van der Waals surface area contributed by atoms with E-state index in [-0.39, 0.29) is 5.56 Å². The zero-order chi connectivity index (χ0) is 21.5. The molecule has 2 aromatic carbocycles. The van der Waals surface area contributed by atoms with E-state index >= 15 is 0 Å². The highest BCUT2D eigenvalue weighted by Gasteiger charge is 2.34. The van der Waals surface area contributed by atoms with Gasteiger partial charge in [-0.3, -0.25) is 4.79 Å². The van der Waals surface area contributed by atoms with Gasteiger partial charge in [-0.05, 0) is 40.3 Å². The first-order chi connectivity index (χ1) is 15.1. The highest BCUT2D eigenvalue weighted by molar-refractivity contribution is 9.10. The topological polar surface area (TPSA) is 128 Å². The van der Waals surface area contributed by atoms with Gasteiger partial charge in [0, 0.05) is 15.6 Å². The number of benzene rings is 2. The fourth-order valence-corrected chi connectivity index (χ4v) is 3.86. The number of rotatable bonds is 3. The van der Waals surface area contributed by atoms with Crippen LogP contribution in [0.3, 0.4) is 0 Å². The average Bonchev–Trinajstić information content (AvgIpc) is 3.27. The Balaban J connectivity index is 1.74. The summed E-state index contributed by atoms with van der Waals surface area (Å²) >= 11 is 3.43. The first-order valence-electron chi connectivity index (χ1n) is 9.18. The van der Waals surface area contributed by atoms with Gasteiger partial charge in [0.15, 0.2) is 0 Å². The lowest BCUT2D eigenvalue weighted by molar-refractivity contribution is 0.0600. The van der Waals surface area contributed by atoms with Crippen molar-refractivity contribution in [1.29, 1.82) is 0 Å². The number of fused-ring (bicyclic) bond motifs is 2. The van der Waals surface area contributed by atoms with Gasteiger partial charge in [0.1, 0.15) is 11.7 Å². The Morgan fingerprint density at radius 2 is 1.87 bits per heavy atom. The molecule has 0 bridgehead atoms. The molecule has 0 amide bonds. The van der Waals surface area contributed by atoms with E-state index in [9.17, 15) is 9.59 Å². The highest BCUT2D eigenvalue weighted by Crippen LogP contribution is 2.41. The number of anilines is 2. The smallest absolute Gasteiger partial charge is 0.337 e. The quantitative estimate of drug-likeness (QED) is 0.378. The molecular weight excluding hydrogens is 466 g/mol. The number of tetrazole rings is 1. The van der Waals surface area contributed by atoms with E-state index in [4.69, 9.17) is 4.74 Å². The summed E-state index contributed by atoms with van der Waals surface area (Å²) in [6, 6.07) is 13.9. The number of carbonyl (C=O) groups excluding carboxylic acids is 1. The number of nitrogens with zero attached hydrogens (tertiary/aromatic N) is 5. The van der Waals surface area contributed by atoms with Gasteiger partial charge in [-0.15, -0.1) is 0 Å². The SMILES string of the molecule is COC(=O)c1ccc(C2c3c(-c4ccc(Br)cc4)n[nH]c(=O)c3Nc3nnnn32)cc1. The van der Waals surface area contributed by atoms with Crippen LogP contribution in [0.25, 0.3) is 11.3 Å². The first kappa shape index (κ1) is 19.1. The summed E-state index contributed by atoms with van der Waals surface area (Å²) in [7, 11) is 1.33. The van der Waals surface area contributed by atoms with E-state index in [0.29, 0.717) is 28.5 Å². The van der Waals surface area contributed by atoms with Crippen molar-refractivity contribution in [2.45, 2.75) is 6.04 Å². The molecule has 1 aliphatic rings. The van der Waals surface area contributed by atoms with Crippen molar-refractivity contribution in [3.05, 3.63) is 80.0 Å². The summed E-state index contributed by atoms with van der Waals surface area (Å²) in [5.41, 5.74) is 3.13. The van der Waals surface area contributed by atoms with Crippen molar-refractivity contribution in [3.8, 4) is 11.3 Å². The Labute approximate surface area is 183 Å². The number of ether oxygens (including phenoxy) is 1. The number of esters is 1. The summed E-state index contributed by atoms with van der Waals surface area (Å²) in [6.07, 6.45) is 0. The fraction of sp³-hybridized carbons (Fsp3) is 0.100. The van der Waals surface area contributed by atoms with Gasteiger partial charge in [-0.1, -0.05) is 45.3 Å². The summed E-state index contributed by atoms with van der Waals surface area (Å²) < 4.78 is 7.28. The summed E-state index contributed by atoms with van der Waals surface area (Å²) in [6.45, 7) is 0.